The third-order valence-corrected chi connectivity index (χ3v) is 3.94. The maximum Gasteiger partial charge on any atom is 1.00 e. The Morgan fingerprint density at radius 3 is 2.50 bits per heavy atom. The van der Waals surface area contributed by atoms with Crippen molar-refractivity contribution in [2.45, 2.75) is 25.0 Å². The number of hydrogen-bond acceptors (Lipinski definition) is 3. The standard InChI is InChI=1S/C14H18N2O.Na/c1-2-15-9-13-7-12(15)10-16(13)8-11-3-5-14(17)6-4-11;/h2-6,12-13,17H,1,7-10H2;/q;+1/p-1/t12-,13-;/m0./s1. The number of piperazine rings is 1. The summed E-state index contributed by atoms with van der Waals surface area (Å²) in [5, 5.41) is 11.0. The van der Waals surface area contributed by atoms with Gasteiger partial charge in [0.05, 0.1) is 0 Å². The minimum absolute atomic E-state index is 0. The molecule has 2 aliphatic heterocycles. The quantitative estimate of drug-likeness (QED) is 0.593. The summed E-state index contributed by atoms with van der Waals surface area (Å²) in [6.07, 6.45) is 3.22. The Balaban J connectivity index is 0.00000120. The molecule has 0 saturated carbocycles. The van der Waals surface area contributed by atoms with Crippen LogP contribution in [0.15, 0.2) is 37.0 Å². The van der Waals surface area contributed by atoms with Crippen LogP contribution >= 0.6 is 0 Å². The molecule has 2 bridgehead atoms. The van der Waals surface area contributed by atoms with Gasteiger partial charge in [0.25, 0.3) is 0 Å². The second-order valence-corrected chi connectivity index (χ2v) is 5.00. The van der Waals surface area contributed by atoms with Gasteiger partial charge in [-0.2, -0.15) is 0 Å². The molecule has 3 rings (SSSR count). The van der Waals surface area contributed by atoms with Crippen molar-refractivity contribution in [3.63, 3.8) is 0 Å². The van der Waals surface area contributed by atoms with Crippen LogP contribution in [0.4, 0.5) is 0 Å². The molecule has 2 aliphatic rings. The number of benzene rings is 1. The Labute approximate surface area is 130 Å². The summed E-state index contributed by atoms with van der Waals surface area (Å²) in [5.41, 5.74) is 1.24. The zero-order valence-corrected chi connectivity index (χ0v) is 12.9. The molecule has 0 unspecified atom stereocenters. The molecule has 0 aliphatic carbocycles. The molecule has 2 heterocycles. The number of rotatable bonds is 3. The smallest absolute Gasteiger partial charge is 0.872 e. The van der Waals surface area contributed by atoms with Gasteiger partial charge in [0.2, 0.25) is 0 Å². The van der Waals surface area contributed by atoms with Crippen LogP contribution in [0, 0.1) is 0 Å². The van der Waals surface area contributed by atoms with Crippen molar-refractivity contribution in [3.8, 4) is 5.75 Å². The topological polar surface area (TPSA) is 29.5 Å². The molecule has 0 radical (unpaired) electrons. The van der Waals surface area contributed by atoms with Crippen molar-refractivity contribution < 1.29 is 34.7 Å². The Bertz CT molecular complexity index is 420. The predicted octanol–water partition coefficient (Wildman–Crippen LogP) is -1.83. The van der Waals surface area contributed by atoms with Gasteiger partial charge in [0.1, 0.15) is 0 Å². The SMILES string of the molecule is C=CN1C[C@@H]2C[C@H]1CN2Cc1ccc([O-])cc1.[Na+]. The molecular weight excluding hydrogens is 235 g/mol. The molecule has 18 heavy (non-hydrogen) atoms. The first-order chi connectivity index (χ1) is 8.26. The fourth-order valence-electron chi connectivity index (χ4n) is 3.03. The van der Waals surface area contributed by atoms with Gasteiger partial charge in [0, 0.05) is 31.7 Å². The Morgan fingerprint density at radius 1 is 1.22 bits per heavy atom. The summed E-state index contributed by atoms with van der Waals surface area (Å²) >= 11 is 0. The average molecular weight is 252 g/mol. The molecule has 2 atom stereocenters. The van der Waals surface area contributed by atoms with Crippen LogP contribution in [-0.4, -0.2) is 35.0 Å². The molecule has 2 fully saturated rings. The van der Waals surface area contributed by atoms with E-state index in [0.717, 1.165) is 19.6 Å². The van der Waals surface area contributed by atoms with Crippen molar-refractivity contribution in [2.75, 3.05) is 13.1 Å². The second-order valence-electron chi connectivity index (χ2n) is 5.00. The number of hydrogen-bond donors (Lipinski definition) is 0. The Hall–Kier alpha value is -0.480. The van der Waals surface area contributed by atoms with Crippen molar-refractivity contribution in [2.24, 2.45) is 0 Å². The van der Waals surface area contributed by atoms with E-state index in [4.69, 9.17) is 0 Å². The average Bonchev–Trinajstić information content (AvgIpc) is 2.91. The Kier molecular flexibility index (Phi) is 4.38. The van der Waals surface area contributed by atoms with E-state index in [0.29, 0.717) is 12.1 Å². The maximum atomic E-state index is 11.0. The monoisotopic (exact) mass is 252 g/mol. The third-order valence-electron chi connectivity index (χ3n) is 3.94. The maximum absolute atomic E-state index is 11.0. The van der Waals surface area contributed by atoms with Crippen molar-refractivity contribution in [1.82, 2.24) is 9.80 Å². The molecule has 90 valence electrons. The summed E-state index contributed by atoms with van der Waals surface area (Å²) in [4.78, 5) is 4.87. The van der Waals surface area contributed by atoms with Gasteiger partial charge < -0.3 is 10.0 Å². The zero-order chi connectivity index (χ0) is 11.8. The van der Waals surface area contributed by atoms with Crippen LogP contribution in [0.2, 0.25) is 0 Å². The minimum Gasteiger partial charge on any atom is -0.872 e. The van der Waals surface area contributed by atoms with Crippen molar-refractivity contribution in [1.29, 1.82) is 0 Å². The largest absolute Gasteiger partial charge is 1.00 e. The first-order valence-electron chi connectivity index (χ1n) is 6.14. The Morgan fingerprint density at radius 2 is 1.94 bits per heavy atom. The molecule has 0 N–H and O–H groups in total. The molecule has 3 nitrogen and oxygen atoms in total. The van der Waals surface area contributed by atoms with Crippen LogP contribution in [0.1, 0.15) is 12.0 Å². The fraction of sp³-hybridized carbons (Fsp3) is 0.429. The van der Waals surface area contributed by atoms with E-state index in [1.807, 2.05) is 18.3 Å². The van der Waals surface area contributed by atoms with E-state index in [9.17, 15) is 5.11 Å². The first-order valence-corrected chi connectivity index (χ1v) is 6.14. The van der Waals surface area contributed by atoms with Gasteiger partial charge in [0.15, 0.2) is 0 Å². The first kappa shape index (κ1) is 13.9. The third kappa shape index (κ3) is 2.59. The van der Waals surface area contributed by atoms with Gasteiger partial charge in [-0.15, -0.1) is 5.75 Å². The van der Waals surface area contributed by atoms with Crippen LogP contribution in [0.25, 0.3) is 0 Å². The number of nitrogens with zero attached hydrogens (tertiary/aromatic N) is 2. The molecule has 0 spiro atoms. The molecule has 0 aromatic heterocycles. The van der Waals surface area contributed by atoms with E-state index < -0.39 is 0 Å². The van der Waals surface area contributed by atoms with E-state index in [-0.39, 0.29) is 35.3 Å². The summed E-state index contributed by atoms with van der Waals surface area (Å²) in [5.74, 6) is 0.0922. The summed E-state index contributed by atoms with van der Waals surface area (Å²) in [7, 11) is 0. The molecule has 2 saturated heterocycles. The van der Waals surface area contributed by atoms with E-state index in [1.165, 1.54) is 12.0 Å². The van der Waals surface area contributed by atoms with Crippen LogP contribution in [0.3, 0.4) is 0 Å². The molecule has 4 heteroatoms. The molecular formula is C14H17N2NaO. The molecule has 0 amide bonds. The van der Waals surface area contributed by atoms with Crippen molar-refractivity contribution in [3.05, 3.63) is 42.6 Å². The number of likely N-dealkylation sites (tertiary alicyclic amines) is 2. The van der Waals surface area contributed by atoms with Gasteiger partial charge in [-0.1, -0.05) is 30.8 Å². The molecule has 1 aromatic rings. The van der Waals surface area contributed by atoms with Crippen LogP contribution in [0.5, 0.6) is 5.75 Å². The van der Waals surface area contributed by atoms with Gasteiger partial charge in [-0.05, 0) is 18.2 Å². The van der Waals surface area contributed by atoms with Gasteiger partial charge in [-0.3, -0.25) is 4.90 Å². The summed E-state index contributed by atoms with van der Waals surface area (Å²) in [6.45, 7) is 7.04. The van der Waals surface area contributed by atoms with Crippen LogP contribution in [-0.2, 0) is 6.54 Å². The van der Waals surface area contributed by atoms with E-state index >= 15 is 0 Å². The normalized spacial score (nSPS) is 26.1. The fourth-order valence-corrected chi connectivity index (χ4v) is 3.03. The molecule has 1 aromatic carbocycles. The van der Waals surface area contributed by atoms with Gasteiger partial charge in [-0.25, -0.2) is 0 Å². The number of fused-ring (bicyclic) bond motifs is 2. The summed E-state index contributed by atoms with van der Waals surface area (Å²) < 4.78 is 0. The van der Waals surface area contributed by atoms with E-state index in [1.54, 1.807) is 12.1 Å². The minimum atomic E-state index is 0. The van der Waals surface area contributed by atoms with Crippen LogP contribution < -0.4 is 34.7 Å². The zero-order valence-electron chi connectivity index (χ0n) is 10.9. The summed E-state index contributed by atoms with van der Waals surface area (Å²) in [6, 6.07) is 8.50. The van der Waals surface area contributed by atoms with Gasteiger partial charge >= 0.3 is 29.6 Å². The second kappa shape index (κ2) is 5.66. The van der Waals surface area contributed by atoms with E-state index in [2.05, 4.69) is 16.4 Å². The van der Waals surface area contributed by atoms with Crippen molar-refractivity contribution >= 4 is 0 Å². The predicted molar refractivity (Wildman–Crippen MR) is 65.4 cm³/mol.